The zero-order valence-electron chi connectivity index (χ0n) is 18.9. The molecule has 2 heterocycles. The number of hydrogen-bond donors (Lipinski definition) is 1. The van der Waals surface area contributed by atoms with Crippen molar-refractivity contribution in [3.05, 3.63) is 64.0 Å². The predicted octanol–water partition coefficient (Wildman–Crippen LogP) is 5.06. The van der Waals surface area contributed by atoms with Gasteiger partial charge < -0.3 is 10.2 Å². The summed E-state index contributed by atoms with van der Waals surface area (Å²) in [7, 11) is 0. The molecule has 7 heteroatoms. The highest BCUT2D eigenvalue weighted by atomic mass is 35.5. The lowest BCUT2D eigenvalue weighted by atomic mass is 9.99. The standard InChI is InChI=1S/C26H30ClN3O2S/c1-19-11-15-29(16-12-19)14-4-13-28-25(31)18-30-22-5-2-3-6-23(22)33-24(26(30)32)17-20-7-9-21(27)10-8-20/h2-3,5-10,17,19H,4,11-16,18H2,1H3,(H,28,31)/b24-17+. The molecule has 1 saturated heterocycles. The van der Waals surface area contributed by atoms with E-state index in [1.165, 1.54) is 24.6 Å². The van der Waals surface area contributed by atoms with Crippen LogP contribution in [0.4, 0.5) is 5.69 Å². The Morgan fingerprint density at radius 1 is 1.15 bits per heavy atom. The number of thioether (sulfide) groups is 1. The molecule has 2 aromatic rings. The van der Waals surface area contributed by atoms with Gasteiger partial charge in [0.1, 0.15) is 6.54 Å². The van der Waals surface area contributed by atoms with Crippen LogP contribution in [-0.4, -0.2) is 49.4 Å². The van der Waals surface area contributed by atoms with Crippen molar-refractivity contribution in [3.8, 4) is 0 Å². The van der Waals surface area contributed by atoms with Gasteiger partial charge in [-0.25, -0.2) is 0 Å². The highest BCUT2D eigenvalue weighted by Crippen LogP contribution is 2.41. The first-order valence-corrected chi connectivity index (χ1v) is 12.7. The molecule has 2 aliphatic heterocycles. The maximum atomic E-state index is 13.3. The van der Waals surface area contributed by atoms with Crippen molar-refractivity contribution < 1.29 is 9.59 Å². The zero-order chi connectivity index (χ0) is 23.2. The molecular weight excluding hydrogens is 454 g/mol. The van der Waals surface area contributed by atoms with Gasteiger partial charge in [0.15, 0.2) is 0 Å². The average Bonchev–Trinajstić information content (AvgIpc) is 2.82. The second-order valence-corrected chi connectivity index (χ2v) is 10.3. The summed E-state index contributed by atoms with van der Waals surface area (Å²) < 4.78 is 0. The Kier molecular flexibility index (Phi) is 8.12. The molecular formula is C26H30ClN3O2S. The number of para-hydroxylation sites is 1. The molecule has 2 amide bonds. The maximum absolute atomic E-state index is 13.3. The number of amides is 2. The van der Waals surface area contributed by atoms with Crippen LogP contribution in [0.15, 0.2) is 58.3 Å². The van der Waals surface area contributed by atoms with Gasteiger partial charge in [0, 0.05) is 16.5 Å². The predicted molar refractivity (Wildman–Crippen MR) is 137 cm³/mol. The van der Waals surface area contributed by atoms with Crippen LogP contribution >= 0.6 is 23.4 Å². The Hall–Kier alpha value is -2.28. The summed E-state index contributed by atoms with van der Waals surface area (Å²) in [6, 6.07) is 15.1. The van der Waals surface area contributed by atoms with Crippen molar-refractivity contribution >= 4 is 46.9 Å². The van der Waals surface area contributed by atoms with Gasteiger partial charge in [0.25, 0.3) is 5.91 Å². The van der Waals surface area contributed by atoms with E-state index < -0.39 is 0 Å². The number of carbonyl (C=O) groups is 2. The lowest BCUT2D eigenvalue weighted by Crippen LogP contribution is -2.43. The van der Waals surface area contributed by atoms with Crippen LogP contribution in [0, 0.1) is 5.92 Å². The molecule has 2 aliphatic rings. The van der Waals surface area contributed by atoms with E-state index in [0.29, 0.717) is 16.5 Å². The molecule has 0 atom stereocenters. The van der Waals surface area contributed by atoms with E-state index >= 15 is 0 Å². The Bertz CT molecular complexity index is 1020. The normalized spacial score (nSPS) is 18.4. The van der Waals surface area contributed by atoms with E-state index in [0.717, 1.165) is 48.1 Å². The SMILES string of the molecule is CC1CCN(CCCNC(=O)CN2C(=O)/C(=C\c3ccc(Cl)cc3)Sc3ccccc32)CC1. The zero-order valence-corrected chi connectivity index (χ0v) is 20.5. The van der Waals surface area contributed by atoms with E-state index in [-0.39, 0.29) is 18.4 Å². The summed E-state index contributed by atoms with van der Waals surface area (Å²) in [6.45, 7) is 6.24. The van der Waals surface area contributed by atoms with E-state index in [2.05, 4.69) is 17.1 Å². The first-order valence-electron chi connectivity index (χ1n) is 11.5. The second kappa shape index (κ2) is 11.2. The van der Waals surface area contributed by atoms with Crippen molar-refractivity contribution in [2.24, 2.45) is 5.92 Å². The largest absolute Gasteiger partial charge is 0.355 e. The molecule has 0 bridgehead atoms. The number of anilines is 1. The molecule has 1 N–H and O–H groups in total. The topological polar surface area (TPSA) is 52.7 Å². The lowest BCUT2D eigenvalue weighted by Gasteiger charge is -2.30. The number of carbonyl (C=O) groups excluding carboxylic acids is 2. The van der Waals surface area contributed by atoms with Gasteiger partial charge in [-0.3, -0.25) is 14.5 Å². The lowest BCUT2D eigenvalue weighted by molar-refractivity contribution is -0.122. The first kappa shape index (κ1) is 23.9. The number of benzene rings is 2. The Balaban J connectivity index is 1.37. The van der Waals surface area contributed by atoms with E-state index in [1.54, 1.807) is 17.0 Å². The number of halogens is 1. The van der Waals surface area contributed by atoms with Gasteiger partial charge in [-0.15, -0.1) is 0 Å². The van der Waals surface area contributed by atoms with Crippen LogP contribution in [0.25, 0.3) is 6.08 Å². The van der Waals surface area contributed by atoms with Gasteiger partial charge >= 0.3 is 0 Å². The summed E-state index contributed by atoms with van der Waals surface area (Å²) >= 11 is 7.42. The fourth-order valence-corrected chi connectivity index (χ4v) is 5.33. The molecule has 0 aliphatic carbocycles. The van der Waals surface area contributed by atoms with Gasteiger partial charge in [-0.2, -0.15) is 0 Å². The fourth-order valence-electron chi connectivity index (χ4n) is 4.15. The van der Waals surface area contributed by atoms with Crippen LogP contribution in [-0.2, 0) is 9.59 Å². The van der Waals surface area contributed by atoms with Gasteiger partial charge in [0.2, 0.25) is 5.91 Å². The highest BCUT2D eigenvalue weighted by molar-refractivity contribution is 8.04. The number of nitrogens with zero attached hydrogens (tertiary/aromatic N) is 2. The third-order valence-corrected chi connectivity index (χ3v) is 7.48. The average molecular weight is 484 g/mol. The molecule has 0 unspecified atom stereocenters. The Labute approximate surface area is 205 Å². The smallest absolute Gasteiger partial charge is 0.265 e. The summed E-state index contributed by atoms with van der Waals surface area (Å²) in [6.07, 6.45) is 5.28. The minimum atomic E-state index is -0.161. The quantitative estimate of drug-likeness (QED) is 0.442. The van der Waals surface area contributed by atoms with Crippen molar-refractivity contribution in [2.45, 2.75) is 31.1 Å². The minimum absolute atomic E-state index is 0.00952. The molecule has 174 valence electrons. The second-order valence-electron chi connectivity index (χ2n) is 8.75. The molecule has 4 rings (SSSR count). The summed E-state index contributed by atoms with van der Waals surface area (Å²) in [5.41, 5.74) is 1.67. The van der Waals surface area contributed by atoms with Crippen LogP contribution in [0.5, 0.6) is 0 Å². The van der Waals surface area contributed by atoms with Crippen molar-refractivity contribution in [3.63, 3.8) is 0 Å². The molecule has 0 saturated carbocycles. The van der Waals surface area contributed by atoms with Gasteiger partial charge in [-0.05, 0) is 80.7 Å². The number of piperidine rings is 1. The van der Waals surface area contributed by atoms with Crippen LogP contribution < -0.4 is 10.2 Å². The molecule has 1 fully saturated rings. The summed E-state index contributed by atoms with van der Waals surface area (Å²) in [5.74, 6) is 0.525. The number of nitrogens with one attached hydrogen (secondary N) is 1. The minimum Gasteiger partial charge on any atom is -0.355 e. The maximum Gasteiger partial charge on any atom is 0.265 e. The van der Waals surface area contributed by atoms with Crippen molar-refractivity contribution in [2.75, 3.05) is 37.6 Å². The van der Waals surface area contributed by atoms with Gasteiger partial charge in [-0.1, -0.05) is 54.6 Å². The van der Waals surface area contributed by atoms with E-state index in [9.17, 15) is 9.59 Å². The Morgan fingerprint density at radius 2 is 1.88 bits per heavy atom. The number of fused-ring (bicyclic) bond motifs is 1. The Morgan fingerprint density at radius 3 is 2.64 bits per heavy atom. The monoisotopic (exact) mass is 483 g/mol. The van der Waals surface area contributed by atoms with Crippen molar-refractivity contribution in [1.82, 2.24) is 10.2 Å². The number of rotatable bonds is 7. The van der Waals surface area contributed by atoms with E-state index in [1.807, 2.05) is 42.5 Å². The van der Waals surface area contributed by atoms with Crippen LogP contribution in [0.3, 0.4) is 0 Å². The first-order chi connectivity index (χ1) is 16.0. The van der Waals surface area contributed by atoms with E-state index in [4.69, 9.17) is 11.6 Å². The third-order valence-electron chi connectivity index (χ3n) is 6.15. The molecule has 0 aromatic heterocycles. The third kappa shape index (κ3) is 6.40. The molecule has 33 heavy (non-hydrogen) atoms. The molecule has 2 aromatic carbocycles. The molecule has 0 spiro atoms. The van der Waals surface area contributed by atoms with Gasteiger partial charge in [0.05, 0.1) is 10.6 Å². The van der Waals surface area contributed by atoms with Crippen molar-refractivity contribution in [1.29, 1.82) is 0 Å². The number of hydrogen-bond acceptors (Lipinski definition) is 4. The molecule has 0 radical (unpaired) electrons. The summed E-state index contributed by atoms with van der Waals surface area (Å²) in [4.78, 5) is 31.6. The number of likely N-dealkylation sites (tertiary alicyclic amines) is 1. The highest BCUT2D eigenvalue weighted by Gasteiger charge is 2.30. The molecule has 5 nitrogen and oxygen atoms in total. The summed E-state index contributed by atoms with van der Waals surface area (Å²) in [5, 5.41) is 3.65. The fraction of sp³-hybridized carbons (Fsp3) is 0.385. The van der Waals surface area contributed by atoms with Crippen LogP contribution in [0.2, 0.25) is 5.02 Å². The van der Waals surface area contributed by atoms with Crippen LogP contribution in [0.1, 0.15) is 31.7 Å².